The van der Waals surface area contributed by atoms with Crippen molar-refractivity contribution in [2.45, 2.75) is 69.5 Å². The van der Waals surface area contributed by atoms with E-state index in [2.05, 4.69) is 22.9 Å². The molecule has 2 rings (SSSR count). The highest BCUT2D eigenvalue weighted by atomic mass is 79.9. The Hall–Kier alpha value is 0.480. The van der Waals surface area contributed by atoms with Crippen molar-refractivity contribution in [2.24, 2.45) is 17.8 Å². The lowest BCUT2D eigenvalue weighted by molar-refractivity contribution is 0.194. The van der Waals surface area contributed by atoms with E-state index in [1.54, 1.807) is 0 Å². The first kappa shape index (κ1) is 12.0. The molecule has 0 aromatic rings. The molecule has 0 nitrogen and oxygen atoms in total. The van der Waals surface area contributed by atoms with Crippen LogP contribution in [0.1, 0.15) is 64.7 Å². The SMILES string of the molecule is CC1CCCC(C2CCCCCC2Br)C1. The smallest absolute Gasteiger partial charge is 0.0176 e. The number of rotatable bonds is 1. The van der Waals surface area contributed by atoms with Crippen LogP contribution in [0, 0.1) is 17.8 Å². The molecule has 0 amide bonds. The first-order chi connectivity index (χ1) is 7.27. The van der Waals surface area contributed by atoms with Crippen LogP contribution >= 0.6 is 15.9 Å². The molecule has 0 N–H and O–H groups in total. The van der Waals surface area contributed by atoms with Crippen molar-refractivity contribution in [2.75, 3.05) is 0 Å². The predicted octanol–water partition coefficient (Wildman–Crippen LogP) is 5.16. The van der Waals surface area contributed by atoms with Gasteiger partial charge in [0, 0.05) is 4.83 Å². The zero-order valence-corrected chi connectivity index (χ0v) is 11.6. The Labute approximate surface area is 103 Å². The van der Waals surface area contributed by atoms with Gasteiger partial charge in [0.15, 0.2) is 0 Å². The topological polar surface area (TPSA) is 0 Å². The average molecular weight is 273 g/mol. The summed E-state index contributed by atoms with van der Waals surface area (Å²) in [6, 6.07) is 0. The van der Waals surface area contributed by atoms with Crippen LogP contribution in [0.3, 0.4) is 0 Å². The second-order valence-electron chi connectivity index (χ2n) is 5.85. The molecule has 1 heteroatoms. The van der Waals surface area contributed by atoms with Crippen LogP contribution in [-0.4, -0.2) is 4.83 Å². The Morgan fingerprint density at radius 2 is 1.67 bits per heavy atom. The lowest BCUT2D eigenvalue weighted by atomic mass is 9.73. The zero-order valence-electron chi connectivity index (χ0n) is 10.1. The van der Waals surface area contributed by atoms with Crippen LogP contribution in [0.25, 0.3) is 0 Å². The fourth-order valence-corrected chi connectivity index (χ4v) is 4.71. The molecule has 0 bridgehead atoms. The van der Waals surface area contributed by atoms with Gasteiger partial charge in [-0.15, -0.1) is 0 Å². The van der Waals surface area contributed by atoms with E-state index in [9.17, 15) is 0 Å². The van der Waals surface area contributed by atoms with Gasteiger partial charge in [-0.3, -0.25) is 0 Å². The first-order valence-electron chi connectivity index (χ1n) is 6.91. The Morgan fingerprint density at radius 3 is 2.47 bits per heavy atom. The molecule has 15 heavy (non-hydrogen) atoms. The highest BCUT2D eigenvalue weighted by Crippen LogP contribution is 2.41. The van der Waals surface area contributed by atoms with Crippen molar-refractivity contribution in [1.29, 1.82) is 0 Å². The molecule has 0 spiro atoms. The molecule has 2 fully saturated rings. The van der Waals surface area contributed by atoms with Crippen molar-refractivity contribution < 1.29 is 0 Å². The lowest BCUT2D eigenvalue weighted by Crippen LogP contribution is -2.27. The van der Waals surface area contributed by atoms with E-state index < -0.39 is 0 Å². The molecule has 0 saturated heterocycles. The number of alkyl halides is 1. The molecule has 2 aliphatic carbocycles. The molecule has 0 heterocycles. The Kier molecular flexibility index (Phi) is 4.54. The molecule has 0 aliphatic heterocycles. The van der Waals surface area contributed by atoms with E-state index in [0.717, 1.165) is 22.6 Å². The second-order valence-corrected chi connectivity index (χ2v) is 7.03. The van der Waals surface area contributed by atoms with E-state index >= 15 is 0 Å². The number of hydrogen-bond acceptors (Lipinski definition) is 0. The standard InChI is InChI=1S/C14H25Br/c1-11-6-5-7-12(10-11)13-8-3-2-4-9-14(13)15/h11-14H,2-10H2,1H3. The largest absolute Gasteiger partial charge is 0.0888 e. The fraction of sp³-hybridized carbons (Fsp3) is 1.00. The summed E-state index contributed by atoms with van der Waals surface area (Å²) in [4.78, 5) is 0.829. The van der Waals surface area contributed by atoms with Gasteiger partial charge in [0.1, 0.15) is 0 Å². The second kappa shape index (κ2) is 5.70. The molecule has 0 aromatic carbocycles. The summed E-state index contributed by atoms with van der Waals surface area (Å²) in [6.45, 7) is 2.45. The highest BCUT2D eigenvalue weighted by Gasteiger charge is 2.31. The van der Waals surface area contributed by atoms with Crippen LogP contribution in [0.15, 0.2) is 0 Å². The monoisotopic (exact) mass is 272 g/mol. The van der Waals surface area contributed by atoms with Gasteiger partial charge in [-0.05, 0) is 37.0 Å². The van der Waals surface area contributed by atoms with Gasteiger partial charge in [0.2, 0.25) is 0 Å². The van der Waals surface area contributed by atoms with E-state index in [1.165, 1.54) is 57.8 Å². The van der Waals surface area contributed by atoms with E-state index in [-0.39, 0.29) is 0 Å². The maximum absolute atomic E-state index is 3.96. The minimum absolute atomic E-state index is 0.829. The minimum atomic E-state index is 0.829. The quantitative estimate of drug-likeness (QED) is 0.457. The van der Waals surface area contributed by atoms with Crippen molar-refractivity contribution in [3.8, 4) is 0 Å². The Balaban J connectivity index is 1.94. The molecule has 2 saturated carbocycles. The first-order valence-corrected chi connectivity index (χ1v) is 7.83. The normalized spacial score (nSPS) is 43.6. The van der Waals surface area contributed by atoms with E-state index in [4.69, 9.17) is 0 Å². The van der Waals surface area contributed by atoms with Crippen LogP contribution in [0.5, 0.6) is 0 Å². The van der Waals surface area contributed by atoms with Crippen LogP contribution in [-0.2, 0) is 0 Å². The fourth-order valence-electron chi connectivity index (χ4n) is 3.69. The minimum Gasteiger partial charge on any atom is -0.0888 e. The van der Waals surface area contributed by atoms with Crippen LogP contribution in [0.2, 0.25) is 0 Å². The van der Waals surface area contributed by atoms with Gasteiger partial charge in [-0.25, -0.2) is 0 Å². The van der Waals surface area contributed by atoms with Crippen LogP contribution in [0.4, 0.5) is 0 Å². The zero-order chi connectivity index (χ0) is 10.7. The third-order valence-corrected chi connectivity index (χ3v) is 5.70. The third-order valence-electron chi connectivity index (χ3n) is 4.56. The molecule has 4 unspecified atom stereocenters. The van der Waals surface area contributed by atoms with Crippen molar-refractivity contribution >= 4 is 15.9 Å². The van der Waals surface area contributed by atoms with E-state index in [0.29, 0.717) is 0 Å². The lowest BCUT2D eigenvalue weighted by Gasteiger charge is -2.35. The maximum Gasteiger partial charge on any atom is 0.0176 e. The summed E-state index contributed by atoms with van der Waals surface area (Å²) in [6.07, 6.45) is 13.3. The maximum atomic E-state index is 3.96. The summed E-state index contributed by atoms with van der Waals surface area (Å²) in [5.41, 5.74) is 0. The van der Waals surface area contributed by atoms with Gasteiger partial charge in [0.25, 0.3) is 0 Å². The van der Waals surface area contributed by atoms with Gasteiger partial charge >= 0.3 is 0 Å². The molecule has 88 valence electrons. The van der Waals surface area contributed by atoms with Crippen LogP contribution < -0.4 is 0 Å². The van der Waals surface area contributed by atoms with Crippen molar-refractivity contribution in [3.63, 3.8) is 0 Å². The average Bonchev–Trinajstić information content (AvgIpc) is 2.43. The molecule has 0 radical (unpaired) electrons. The van der Waals surface area contributed by atoms with E-state index in [1.807, 2.05) is 0 Å². The predicted molar refractivity (Wildman–Crippen MR) is 70.4 cm³/mol. The third kappa shape index (κ3) is 3.22. The summed E-state index contributed by atoms with van der Waals surface area (Å²) in [7, 11) is 0. The number of hydrogen-bond donors (Lipinski definition) is 0. The Bertz CT molecular complexity index is 190. The molecular weight excluding hydrogens is 248 g/mol. The van der Waals surface area contributed by atoms with Gasteiger partial charge in [-0.2, -0.15) is 0 Å². The summed E-state index contributed by atoms with van der Waals surface area (Å²) in [5, 5.41) is 0. The number of halogens is 1. The highest BCUT2D eigenvalue weighted by molar-refractivity contribution is 9.09. The Morgan fingerprint density at radius 1 is 0.867 bits per heavy atom. The van der Waals surface area contributed by atoms with Crippen molar-refractivity contribution in [1.82, 2.24) is 0 Å². The molecular formula is C14H25Br. The summed E-state index contributed by atoms with van der Waals surface area (Å²) >= 11 is 3.96. The molecule has 4 atom stereocenters. The summed E-state index contributed by atoms with van der Waals surface area (Å²) in [5.74, 6) is 3.03. The molecule has 2 aliphatic rings. The summed E-state index contributed by atoms with van der Waals surface area (Å²) < 4.78 is 0. The van der Waals surface area contributed by atoms with Gasteiger partial charge < -0.3 is 0 Å². The molecule has 0 aromatic heterocycles. The van der Waals surface area contributed by atoms with Crippen molar-refractivity contribution in [3.05, 3.63) is 0 Å². The van der Waals surface area contributed by atoms with Gasteiger partial charge in [-0.1, -0.05) is 61.4 Å². The van der Waals surface area contributed by atoms with Gasteiger partial charge in [0.05, 0.1) is 0 Å².